The van der Waals surface area contributed by atoms with Gasteiger partial charge < -0.3 is 0 Å². The molecule has 2 rings (SSSR count). The Hall–Kier alpha value is -1.29. The number of terminal acetylenes is 1. The molecule has 1 aromatic carbocycles. The minimum absolute atomic E-state index is 0.165. The third kappa shape index (κ3) is 1.23. The topological polar surface area (TPSA) is 0 Å². The van der Waals surface area contributed by atoms with E-state index in [1.807, 2.05) is 6.07 Å². The van der Waals surface area contributed by atoms with Crippen LogP contribution in [0.25, 0.3) is 0 Å². The first-order valence-electron chi connectivity index (χ1n) is 4.51. The van der Waals surface area contributed by atoms with Crippen LogP contribution in [0.3, 0.4) is 0 Å². The summed E-state index contributed by atoms with van der Waals surface area (Å²) < 4.78 is 12.9. The molecule has 1 aromatic rings. The largest absolute Gasteiger partial charge is 0.207 e. The number of rotatable bonds is 1. The van der Waals surface area contributed by atoms with Crippen molar-refractivity contribution in [1.82, 2.24) is 0 Å². The highest BCUT2D eigenvalue weighted by Gasteiger charge is 2.36. The van der Waals surface area contributed by atoms with Gasteiger partial charge in [0.05, 0.1) is 5.41 Å². The molecule has 0 aliphatic heterocycles. The van der Waals surface area contributed by atoms with Crippen LogP contribution in [0.4, 0.5) is 4.39 Å². The lowest BCUT2D eigenvalue weighted by atomic mass is 9.65. The molecular formula is C12H11F. The van der Waals surface area contributed by atoms with Crippen molar-refractivity contribution in [3.63, 3.8) is 0 Å². The van der Waals surface area contributed by atoms with Crippen molar-refractivity contribution in [2.24, 2.45) is 0 Å². The summed E-state index contributed by atoms with van der Waals surface area (Å²) in [7, 11) is 0. The van der Waals surface area contributed by atoms with Crippen molar-refractivity contribution < 1.29 is 4.39 Å². The minimum Gasteiger partial charge on any atom is -0.207 e. The van der Waals surface area contributed by atoms with Gasteiger partial charge in [0.25, 0.3) is 0 Å². The monoisotopic (exact) mass is 174 g/mol. The van der Waals surface area contributed by atoms with Gasteiger partial charge >= 0.3 is 0 Å². The van der Waals surface area contributed by atoms with Crippen molar-refractivity contribution in [2.45, 2.75) is 24.7 Å². The molecule has 0 heterocycles. The van der Waals surface area contributed by atoms with Gasteiger partial charge in [0, 0.05) is 0 Å². The van der Waals surface area contributed by atoms with Crippen molar-refractivity contribution in [3.8, 4) is 12.3 Å². The van der Waals surface area contributed by atoms with Crippen molar-refractivity contribution in [1.29, 1.82) is 0 Å². The molecule has 0 atom stereocenters. The van der Waals surface area contributed by atoms with Crippen LogP contribution in [-0.2, 0) is 5.41 Å². The van der Waals surface area contributed by atoms with Gasteiger partial charge in [-0.15, -0.1) is 6.42 Å². The smallest absolute Gasteiger partial charge is 0.123 e. The Labute approximate surface area is 77.8 Å². The normalized spacial score (nSPS) is 18.8. The van der Waals surface area contributed by atoms with Crippen LogP contribution in [0.5, 0.6) is 0 Å². The van der Waals surface area contributed by atoms with Crippen LogP contribution in [0, 0.1) is 18.2 Å². The van der Waals surface area contributed by atoms with E-state index in [0.29, 0.717) is 0 Å². The summed E-state index contributed by atoms with van der Waals surface area (Å²) in [5.41, 5.74) is 0.795. The van der Waals surface area contributed by atoms with E-state index in [-0.39, 0.29) is 11.2 Å². The van der Waals surface area contributed by atoms with E-state index < -0.39 is 0 Å². The minimum atomic E-state index is -0.195. The Morgan fingerprint density at radius 3 is 2.62 bits per heavy atom. The number of halogens is 1. The first-order chi connectivity index (χ1) is 6.27. The standard InChI is InChI=1S/C12H11F/c1-2-12(7-4-8-12)10-5-3-6-11(13)9-10/h1,3,5-6,9H,4,7-8H2. The summed E-state index contributed by atoms with van der Waals surface area (Å²) >= 11 is 0. The Balaban J connectivity index is 2.40. The molecule has 0 amide bonds. The second-order valence-corrected chi connectivity index (χ2v) is 3.59. The number of hydrogen-bond acceptors (Lipinski definition) is 0. The second-order valence-electron chi connectivity index (χ2n) is 3.59. The van der Waals surface area contributed by atoms with E-state index >= 15 is 0 Å². The zero-order chi connectivity index (χ0) is 9.31. The van der Waals surface area contributed by atoms with Crippen molar-refractivity contribution in [3.05, 3.63) is 35.6 Å². The van der Waals surface area contributed by atoms with E-state index in [2.05, 4.69) is 5.92 Å². The third-order valence-corrected chi connectivity index (χ3v) is 2.86. The molecule has 0 spiro atoms. The molecule has 0 nitrogen and oxygen atoms in total. The first kappa shape index (κ1) is 8.31. The maximum Gasteiger partial charge on any atom is 0.123 e. The fourth-order valence-corrected chi connectivity index (χ4v) is 1.83. The van der Waals surface area contributed by atoms with E-state index in [4.69, 9.17) is 6.42 Å². The number of benzene rings is 1. The lowest BCUT2D eigenvalue weighted by Gasteiger charge is -2.37. The predicted molar refractivity (Wildman–Crippen MR) is 50.8 cm³/mol. The van der Waals surface area contributed by atoms with Crippen LogP contribution in [0.2, 0.25) is 0 Å². The van der Waals surface area contributed by atoms with Gasteiger partial charge in [0.1, 0.15) is 5.82 Å². The molecule has 0 radical (unpaired) electrons. The van der Waals surface area contributed by atoms with Gasteiger partial charge in [-0.1, -0.05) is 18.1 Å². The zero-order valence-electron chi connectivity index (χ0n) is 7.39. The van der Waals surface area contributed by atoms with Gasteiger partial charge in [-0.3, -0.25) is 0 Å². The first-order valence-corrected chi connectivity index (χ1v) is 4.51. The Kier molecular flexibility index (Phi) is 1.84. The summed E-state index contributed by atoms with van der Waals surface area (Å²) in [6.07, 6.45) is 8.62. The highest BCUT2D eigenvalue weighted by Crippen LogP contribution is 2.43. The highest BCUT2D eigenvalue weighted by atomic mass is 19.1. The summed E-state index contributed by atoms with van der Waals surface area (Å²) in [6, 6.07) is 6.65. The second kappa shape index (κ2) is 2.88. The lowest BCUT2D eigenvalue weighted by Crippen LogP contribution is -2.32. The van der Waals surface area contributed by atoms with E-state index in [9.17, 15) is 4.39 Å². The third-order valence-electron chi connectivity index (χ3n) is 2.86. The van der Waals surface area contributed by atoms with Crippen LogP contribution in [0.1, 0.15) is 24.8 Å². The maximum atomic E-state index is 12.9. The van der Waals surface area contributed by atoms with Crippen molar-refractivity contribution in [2.75, 3.05) is 0 Å². The molecule has 0 N–H and O–H groups in total. The molecule has 1 aliphatic carbocycles. The SMILES string of the molecule is C#CC1(c2cccc(F)c2)CCC1. The van der Waals surface area contributed by atoms with E-state index in [0.717, 1.165) is 24.8 Å². The zero-order valence-corrected chi connectivity index (χ0v) is 7.39. The van der Waals surface area contributed by atoms with Gasteiger partial charge in [-0.2, -0.15) is 0 Å². The maximum absolute atomic E-state index is 12.9. The molecule has 0 aromatic heterocycles. The molecule has 0 bridgehead atoms. The average Bonchev–Trinajstić information content (AvgIpc) is 2.03. The van der Waals surface area contributed by atoms with Crippen LogP contribution >= 0.6 is 0 Å². The van der Waals surface area contributed by atoms with E-state index in [1.54, 1.807) is 12.1 Å². The van der Waals surface area contributed by atoms with Crippen LogP contribution in [-0.4, -0.2) is 0 Å². The molecule has 1 fully saturated rings. The van der Waals surface area contributed by atoms with Gasteiger partial charge in [-0.05, 0) is 37.0 Å². The Morgan fingerprint density at radius 1 is 1.38 bits per heavy atom. The molecule has 66 valence electrons. The fourth-order valence-electron chi connectivity index (χ4n) is 1.83. The summed E-state index contributed by atoms with van der Waals surface area (Å²) in [5, 5.41) is 0. The molecular weight excluding hydrogens is 163 g/mol. The molecule has 1 aliphatic rings. The van der Waals surface area contributed by atoms with Gasteiger partial charge in [0.15, 0.2) is 0 Å². The lowest BCUT2D eigenvalue weighted by molar-refractivity contribution is 0.327. The number of hydrogen-bond donors (Lipinski definition) is 0. The van der Waals surface area contributed by atoms with Crippen LogP contribution in [0.15, 0.2) is 24.3 Å². The fraction of sp³-hybridized carbons (Fsp3) is 0.333. The molecule has 1 saturated carbocycles. The molecule has 0 saturated heterocycles. The quantitative estimate of drug-likeness (QED) is 0.574. The van der Waals surface area contributed by atoms with Gasteiger partial charge in [-0.25, -0.2) is 4.39 Å². The molecule has 1 heteroatoms. The average molecular weight is 174 g/mol. The van der Waals surface area contributed by atoms with Crippen molar-refractivity contribution >= 4 is 0 Å². The Morgan fingerprint density at radius 2 is 2.15 bits per heavy atom. The summed E-state index contributed by atoms with van der Waals surface area (Å²) in [4.78, 5) is 0. The summed E-state index contributed by atoms with van der Waals surface area (Å²) in [5.74, 6) is 2.60. The van der Waals surface area contributed by atoms with Crippen LogP contribution < -0.4 is 0 Å². The predicted octanol–water partition coefficient (Wildman–Crippen LogP) is 2.88. The molecule has 0 unspecified atom stereocenters. The van der Waals surface area contributed by atoms with E-state index in [1.165, 1.54) is 6.07 Å². The summed E-state index contributed by atoms with van der Waals surface area (Å²) in [6.45, 7) is 0. The van der Waals surface area contributed by atoms with Gasteiger partial charge in [0.2, 0.25) is 0 Å². The Bertz CT molecular complexity index is 356. The molecule has 13 heavy (non-hydrogen) atoms. The highest BCUT2D eigenvalue weighted by molar-refractivity contribution is 5.37.